The van der Waals surface area contributed by atoms with E-state index in [1.165, 1.54) is 0 Å². The molecule has 1 aromatic rings. The van der Waals surface area contributed by atoms with Crippen molar-refractivity contribution >= 4 is 34.2 Å². The monoisotopic (exact) mass is 462 g/mol. The van der Waals surface area contributed by atoms with Gasteiger partial charge in [0.25, 0.3) is 0 Å². The molecule has 1 aromatic carbocycles. The minimum atomic E-state index is -1.24. The van der Waals surface area contributed by atoms with Gasteiger partial charge in [-0.25, -0.2) is 0 Å². The molecular weight excluding hydrogens is 432 g/mol. The van der Waals surface area contributed by atoms with Crippen molar-refractivity contribution in [3.63, 3.8) is 0 Å². The van der Waals surface area contributed by atoms with Crippen LogP contribution in [0.5, 0.6) is 0 Å². The maximum atomic E-state index is 12.6. The fourth-order valence-corrected chi connectivity index (χ4v) is 4.50. The van der Waals surface area contributed by atoms with E-state index >= 15 is 0 Å². The Kier molecular flexibility index (Phi) is 6.82. The van der Waals surface area contributed by atoms with Gasteiger partial charge in [0, 0.05) is 61.1 Å². The number of nitrogens with zero attached hydrogens (tertiary/aromatic N) is 1. The van der Waals surface area contributed by atoms with Gasteiger partial charge in [-0.2, -0.15) is 0 Å². The lowest BCUT2D eigenvalue weighted by molar-refractivity contribution is -0.157. The average Bonchev–Trinajstić information content (AvgIpc) is 3.11. The van der Waals surface area contributed by atoms with Crippen molar-refractivity contribution in [1.82, 2.24) is 0 Å². The van der Waals surface area contributed by atoms with Gasteiger partial charge in [0.1, 0.15) is 11.3 Å². The molecule has 0 spiro atoms. The molecular formula is C27H30N2O5. The highest BCUT2D eigenvalue weighted by atomic mass is 16.6. The van der Waals surface area contributed by atoms with Crippen molar-refractivity contribution in [1.29, 1.82) is 0 Å². The number of aryl methyl sites for hydroxylation is 3. The number of carbonyl (C=O) groups excluding carboxylic acids is 3. The predicted molar refractivity (Wildman–Crippen MR) is 130 cm³/mol. The number of benzene rings is 2. The molecule has 1 saturated carbocycles. The number of esters is 1. The summed E-state index contributed by atoms with van der Waals surface area (Å²) in [5.74, 6) is -0.489. The molecule has 1 heterocycles. The molecule has 178 valence electrons. The van der Waals surface area contributed by atoms with Crippen LogP contribution in [0, 0.1) is 13.8 Å². The van der Waals surface area contributed by atoms with E-state index in [-0.39, 0.29) is 30.8 Å². The first-order valence-corrected chi connectivity index (χ1v) is 11.8. The number of ketones is 2. The SMILES string of the molecule is CCN=c1cc2oc3cc(NCC)c(C)cc3c(CCC(=O)OC3C(=O)CCC3=O)c-2cc1C. The number of hydrogen-bond donors (Lipinski definition) is 1. The van der Waals surface area contributed by atoms with Crippen LogP contribution in [0.3, 0.4) is 0 Å². The molecule has 0 atom stereocenters. The summed E-state index contributed by atoms with van der Waals surface area (Å²) in [5.41, 5.74) is 5.68. The first-order valence-electron chi connectivity index (χ1n) is 11.8. The summed E-state index contributed by atoms with van der Waals surface area (Å²) >= 11 is 0. The molecule has 7 nitrogen and oxygen atoms in total. The van der Waals surface area contributed by atoms with Crippen LogP contribution in [-0.4, -0.2) is 36.7 Å². The summed E-state index contributed by atoms with van der Waals surface area (Å²) in [7, 11) is 0. The number of ether oxygens (including phenoxy) is 1. The minimum Gasteiger partial charge on any atom is -0.456 e. The number of anilines is 1. The molecule has 1 fully saturated rings. The minimum absolute atomic E-state index is 0.0550. The maximum absolute atomic E-state index is 12.6. The zero-order valence-electron chi connectivity index (χ0n) is 20.1. The molecule has 1 N–H and O–H groups in total. The summed E-state index contributed by atoms with van der Waals surface area (Å²) in [4.78, 5) is 40.9. The molecule has 0 aromatic heterocycles. The third-order valence-corrected chi connectivity index (χ3v) is 6.22. The van der Waals surface area contributed by atoms with E-state index in [4.69, 9.17) is 9.15 Å². The van der Waals surface area contributed by atoms with Crippen molar-refractivity contribution in [3.05, 3.63) is 46.3 Å². The van der Waals surface area contributed by atoms with E-state index in [2.05, 4.69) is 16.4 Å². The number of rotatable bonds is 7. The van der Waals surface area contributed by atoms with Gasteiger partial charge >= 0.3 is 5.97 Å². The van der Waals surface area contributed by atoms with Crippen molar-refractivity contribution in [2.24, 2.45) is 4.99 Å². The Hall–Kier alpha value is -3.48. The van der Waals surface area contributed by atoms with Gasteiger partial charge in [0.2, 0.25) is 6.10 Å². The molecule has 0 amide bonds. The van der Waals surface area contributed by atoms with E-state index in [0.29, 0.717) is 24.3 Å². The Morgan fingerprint density at radius 3 is 2.50 bits per heavy atom. The summed E-state index contributed by atoms with van der Waals surface area (Å²) in [5, 5.41) is 5.16. The van der Waals surface area contributed by atoms with Crippen LogP contribution in [0.25, 0.3) is 22.3 Å². The van der Waals surface area contributed by atoms with E-state index in [1.54, 1.807) is 0 Å². The molecule has 0 unspecified atom stereocenters. The van der Waals surface area contributed by atoms with Crippen LogP contribution >= 0.6 is 0 Å². The first-order chi connectivity index (χ1) is 16.3. The van der Waals surface area contributed by atoms with Crippen LogP contribution in [-0.2, 0) is 25.5 Å². The molecule has 0 bridgehead atoms. The maximum Gasteiger partial charge on any atom is 0.307 e. The Labute approximate surface area is 198 Å². The van der Waals surface area contributed by atoms with Crippen LogP contribution in [0.4, 0.5) is 5.69 Å². The summed E-state index contributed by atoms with van der Waals surface area (Å²) in [6, 6.07) is 8.05. The van der Waals surface area contributed by atoms with Crippen molar-refractivity contribution in [3.8, 4) is 11.3 Å². The van der Waals surface area contributed by atoms with Crippen molar-refractivity contribution in [2.45, 2.75) is 59.5 Å². The van der Waals surface area contributed by atoms with Gasteiger partial charge in [-0.05, 0) is 62.9 Å². The molecule has 0 saturated heterocycles. The third kappa shape index (κ3) is 4.60. The summed E-state index contributed by atoms with van der Waals surface area (Å²) in [6.45, 7) is 9.53. The van der Waals surface area contributed by atoms with Crippen molar-refractivity contribution < 1.29 is 23.5 Å². The highest BCUT2D eigenvalue weighted by Crippen LogP contribution is 2.36. The molecule has 7 heteroatoms. The van der Waals surface area contributed by atoms with Gasteiger partial charge in [-0.15, -0.1) is 0 Å². The molecule has 34 heavy (non-hydrogen) atoms. The Balaban J connectivity index is 1.77. The third-order valence-electron chi connectivity index (χ3n) is 6.22. The fraction of sp³-hybridized carbons (Fsp3) is 0.407. The standard InChI is InChI=1S/C27H30N2O5/c1-5-28-20-13-24-18(11-15(20)3)17(7-10-26(32)34-27-22(30)8-9-23(27)31)19-12-16(4)21(29-6-2)14-25(19)33-24/h11-14,27-28H,5-10H2,1-4H3. The number of carbonyl (C=O) groups is 3. The summed E-state index contributed by atoms with van der Waals surface area (Å²) in [6.07, 6.45) is -0.508. The molecule has 3 aliphatic rings. The highest BCUT2D eigenvalue weighted by Gasteiger charge is 2.36. The second-order valence-electron chi connectivity index (χ2n) is 8.69. The van der Waals surface area contributed by atoms with E-state index in [1.807, 2.05) is 45.9 Å². The van der Waals surface area contributed by atoms with Gasteiger partial charge in [-0.1, -0.05) is 0 Å². The van der Waals surface area contributed by atoms with Crippen LogP contribution in [0.1, 0.15) is 49.8 Å². The lowest BCUT2D eigenvalue weighted by atomic mass is 9.93. The highest BCUT2D eigenvalue weighted by molar-refractivity contribution is 6.12. The Morgan fingerprint density at radius 1 is 1.09 bits per heavy atom. The van der Waals surface area contributed by atoms with E-state index < -0.39 is 12.1 Å². The largest absolute Gasteiger partial charge is 0.456 e. The predicted octanol–water partition coefficient (Wildman–Crippen LogP) is 4.28. The second-order valence-corrected chi connectivity index (χ2v) is 8.69. The van der Waals surface area contributed by atoms with E-state index in [0.717, 1.165) is 45.2 Å². The Bertz CT molecular complexity index is 1300. The molecule has 0 radical (unpaired) electrons. The number of Topliss-reactive ketones (excluding diaryl/α,β-unsaturated/α-hetero) is 2. The van der Waals surface area contributed by atoms with E-state index in [9.17, 15) is 14.4 Å². The van der Waals surface area contributed by atoms with Crippen LogP contribution in [0.15, 0.2) is 33.7 Å². The molecule has 4 rings (SSSR count). The van der Waals surface area contributed by atoms with Crippen molar-refractivity contribution in [2.75, 3.05) is 18.4 Å². The molecule has 1 aliphatic heterocycles. The van der Waals surface area contributed by atoms with Gasteiger partial charge < -0.3 is 14.5 Å². The lowest BCUT2D eigenvalue weighted by Crippen LogP contribution is -2.28. The van der Waals surface area contributed by atoms with Gasteiger partial charge in [-0.3, -0.25) is 19.4 Å². The normalized spacial score (nSPS) is 15.0. The fourth-order valence-electron chi connectivity index (χ4n) is 4.50. The van der Waals surface area contributed by atoms with Crippen LogP contribution in [0.2, 0.25) is 0 Å². The average molecular weight is 463 g/mol. The van der Waals surface area contributed by atoms with Crippen LogP contribution < -0.4 is 10.7 Å². The molecule has 2 aliphatic carbocycles. The van der Waals surface area contributed by atoms with Gasteiger partial charge in [0.15, 0.2) is 11.6 Å². The first kappa shape index (κ1) is 23.7. The quantitative estimate of drug-likeness (QED) is 0.320. The zero-order valence-corrected chi connectivity index (χ0v) is 20.1. The lowest BCUT2D eigenvalue weighted by Gasteiger charge is -2.18. The zero-order chi connectivity index (χ0) is 24.4. The topological polar surface area (TPSA) is 98.0 Å². The number of nitrogens with one attached hydrogen (secondary N) is 1. The van der Waals surface area contributed by atoms with Gasteiger partial charge in [0.05, 0.1) is 5.36 Å². The summed E-state index contributed by atoms with van der Waals surface area (Å²) < 4.78 is 11.6. The number of fused-ring (bicyclic) bond motifs is 2. The second kappa shape index (κ2) is 9.79. The Morgan fingerprint density at radius 2 is 1.82 bits per heavy atom. The number of hydrogen-bond acceptors (Lipinski definition) is 7. The smallest absolute Gasteiger partial charge is 0.307 e.